The number of sulfonamides is 1. The van der Waals surface area contributed by atoms with Gasteiger partial charge in [-0.15, -0.1) is 0 Å². The Kier molecular flexibility index (Phi) is 5.85. The molecule has 0 aromatic heterocycles. The molecular weight excluding hydrogens is 326 g/mol. The van der Waals surface area contributed by atoms with E-state index in [0.29, 0.717) is 11.5 Å². The summed E-state index contributed by atoms with van der Waals surface area (Å²) in [6, 6.07) is 12.1. The van der Waals surface area contributed by atoms with Crippen molar-refractivity contribution in [1.82, 2.24) is 4.72 Å². The molecule has 6 heteroatoms. The molecule has 0 aliphatic heterocycles. The Labute approximate surface area is 143 Å². The van der Waals surface area contributed by atoms with Gasteiger partial charge in [0.25, 0.3) is 0 Å². The van der Waals surface area contributed by atoms with Crippen molar-refractivity contribution >= 4 is 10.0 Å². The second kappa shape index (κ2) is 7.68. The van der Waals surface area contributed by atoms with Crippen LogP contribution < -0.4 is 14.2 Å². The molecule has 0 saturated heterocycles. The Morgan fingerprint density at radius 1 is 1.00 bits per heavy atom. The van der Waals surface area contributed by atoms with E-state index in [0.717, 1.165) is 12.0 Å². The van der Waals surface area contributed by atoms with Crippen molar-refractivity contribution in [1.29, 1.82) is 0 Å². The van der Waals surface area contributed by atoms with Crippen LogP contribution in [-0.4, -0.2) is 22.6 Å². The van der Waals surface area contributed by atoms with Crippen LogP contribution in [0.15, 0.2) is 47.4 Å². The van der Waals surface area contributed by atoms with Gasteiger partial charge in [-0.3, -0.25) is 0 Å². The summed E-state index contributed by atoms with van der Waals surface area (Å²) in [6.07, 6.45) is 0.950. The standard InChI is InChI=1S/C18H23NO4S/c1-5-14-6-8-15(9-7-14)13(2)19-24(20,21)16-10-11-17(22-3)18(12-16)23-4/h6-13,19H,5H2,1-4H3. The number of ether oxygens (including phenoxy) is 2. The maximum atomic E-state index is 12.6. The lowest BCUT2D eigenvalue weighted by Gasteiger charge is -2.16. The third-order valence-electron chi connectivity index (χ3n) is 3.89. The molecule has 0 saturated carbocycles. The Hall–Kier alpha value is -2.05. The molecule has 2 aromatic carbocycles. The SMILES string of the molecule is CCc1ccc(C(C)NS(=O)(=O)c2ccc(OC)c(OC)c2)cc1. The van der Waals surface area contributed by atoms with Crippen LogP contribution in [0.4, 0.5) is 0 Å². The van der Waals surface area contributed by atoms with E-state index >= 15 is 0 Å². The molecule has 0 radical (unpaired) electrons. The topological polar surface area (TPSA) is 64.6 Å². The monoisotopic (exact) mass is 349 g/mol. The zero-order chi connectivity index (χ0) is 17.7. The van der Waals surface area contributed by atoms with Gasteiger partial charge >= 0.3 is 0 Å². The minimum absolute atomic E-state index is 0.136. The van der Waals surface area contributed by atoms with Crippen LogP contribution in [0.2, 0.25) is 0 Å². The normalized spacial score (nSPS) is 12.7. The number of aryl methyl sites for hydroxylation is 1. The smallest absolute Gasteiger partial charge is 0.241 e. The van der Waals surface area contributed by atoms with Gasteiger partial charge in [-0.2, -0.15) is 0 Å². The van der Waals surface area contributed by atoms with E-state index in [-0.39, 0.29) is 10.9 Å². The molecule has 1 unspecified atom stereocenters. The van der Waals surface area contributed by atoms with Crippen molar-refractivity contribution in [2.24, 2.45) is 0 Å². The first-order valence-corrected chi connectivity index (χ1v) is 9.22. The zero-order valence-corrected chi connectivity index (χ0v) is 15.2. The molecular formula is C18H23NO4S. The molecule has 0 spiro atoms. The third kappa shape index (κ3) is 4.07. The molecule has 0 aliphatic carbocycles. The van der Waals surface area contributed by atoms with E-state index in [1.54, 1.807) is 6.07 Å². The van der Waals surface area contributed by atoms with E-state index < -0.39 is 10.0 Å². The fraction of sp³-hybridized carbons (Fsp3) is 0.333. The van der Waals surface area contributed by atoms with Gasteiger partial charge in [0.15, 0.2) is 11.5 Å². The summed E-state index contributed by atoms with van der Waals surface area (Å²) in [5.74, 6) is 0.861. The summed E-state index contributed by atoms with van der Waals surface area (Å²) in [6.45, 7) is 3.90. The van der Waals surface area contributed by atoms with Gasteiger partial charge in [0.05, 0.1) is 19.1 Å². The molecule has 0 bridgehead atoms. The van der Waals surface area contributed by atoms with Gasteiger partial charge in [0, 0.05) is 12.1 Å². The molecule has 0 aliphatic rings. The van der Waals surface area contributed by atoms with E-state index in [4.69, 9.17) is 9.47 Å². The summed E-state index contributed by atoms with van der Waals surface area (Å²) in [5, 5.41) is 0. The lowest BCUT2D eigenvalue weighted by molar-refractivity contribution is 0.354. The fourth-order valence-electron chi connectivity index (χ4n) is 2.39. The summed E-state index contributed by atoms with van der Waals surface area (Å²) in [4.78, 5) is 0.136. The lowest BCUT2D eigenvalue weighted by Crippen LogP contribution is -2.26. The Morgan fingerprint density at radius 3 is 2.17 bits per heavy atom. The minimum Gasteiger partial charge on any atom is -0.493 e. The first-order valence-electron chi connectivity index (χ1n) is 7.74. The maximum absolute atomic E-state index is 12.6. The summed E-state index contributed by atoms with van der Waals surface area (Å²) in [5.41, 5.74) is 2.13. The van der Waals surface area contributed by atoms with Gasteiger partial charge < -0.3 is 9.47 Å². The molecule has 130 valence electrons. The number of hydrogen-bond acceptors (Lipinski definition) is 4. The van der Waals surface area contributed by atoms with Crippen LogP contribution in [0.25, 0.3) is 0 Å². The molecule has 0 fully saturated rings. The number of rotatable bonds is 7. The molecule has 0 amide bonds. The molecule has 0 heterocycles. The van der Waals surface area contributed by atoms with E-state index in [9.17, 15) is 8.42 Å². The van der Waals surface area contributed by atoms with Crippen LogP contribution in [0.5, 0.6) is 11.5 Å². The highest BCUT2D eigenvalue weighted by atomic mass is 32.2. The minimum atomic E-state index is -3.67. The van der Waals surface area contributed by atoms with Crippen LogP contribution in [0, 0.1) is 0 Å². The molecule has 2 aromatic rings. The van der Waals surface area contributed by atoms with Crippen molar-refractivity contribution in [2.45, 2.75) is 31.2 Å². The van der Waals surface area contributed by atoms with Crippen LogP contribution >= 0.6 is 0 Å². The molecule has 5 nitrogen and oxygen atoms in total. The van der Waals surface area contributed by atoms with Crippen molar-refractivity contribution in [3.63, 3.8) is 0 Å². The number of benzene rings is 2. The Morgan fingerprint density at radius 2 is 1.62 bits per heavy atom. The second-order valence-electron chi connectivity index (χ2n) is 5.45. The summed E-state index contributed by atoms with van der Waals surface area (Å²) in [7, 11) is -0.688. The van der Waals surface area contributed by atoms with Gasteiger partial charge in [0.2, 0.25) is 10.0 Å². The van der Waals surface area contributed by atoms with Gasteiger partial charge in [-0.05, 0) is 36.6 Å². The van der Waals surface area contributed by atoms with Gasteiger partial charge in [0.1, 0.15) is 0 Å². The average molecular weight is 349 g/mol. The molecule has 1 atom stereocenters. The van der Waals surface area contributed by atoms with Crippen molar-refractivity contribution in [3.05, 3.63) is 53.6 Å². The molecule has 1 N–H and O–H groups in total. The van der Waals surface area contributed by atoms with E-state index in [2.05, 4.69) is 11.6 Å². The van der Waals surface area contributed by atoms with Crippen molar-refractivity contribution in [3.8, 4) is 11.5 Å². The van der Waals surface area contributed by atoms with Crippen LogP contribution in [0.3, 0.4) is 0 Å². The van der Waals surface area contributed by atoms with Gasteiger partial charge in [-0.1, -0.05) is 31.2 Å². The van der Waals surface area contributed by atoms with Crippen molar-refractivity contribution < 1.29 is 17.9 Å². The third-order valence-corrected chi connectivity index (χ3v) is 5.42. The number of methoxy groups -OCH3 is 2. The summed E-state index contributed by atoms with van der Waals surface area (Å²) >= 11 is 0. The molecule has 24 heavy (non-hydrogen) atoms. The quantitative estimate of drug-likeness (QED) is 0.833. The highest BCUT2D eigenvalue weighted by Gasteiger charge is 2.20. The zero-order valence-electron chi connectivity index (χ0n) is 14.4. The summed E-state index contributed by atoms with van der Waals surface area (Å²) < 4.78 is 38.2. The maximum Gasteiger partial charge on any atom is 0.241 e. The first-order chi connectivity index (χ1) is 11.4. The predicted molar refractivity (Wildman–Crippen MR) is 94.1 cm³/mol. The largest absolute Gasteiger partial charge is 0.493 e. The van der Waals surface area contributed by atoms with E-state index in [1.165, 1.54) is 31.9 Å². The van der Waals surface area contributed by atoms with Gasteiger partial charge in [-0.25, -0.2) is 13.1 Å². The highest BCUT2D eigenvalue weighted by molar-refractivity contribution is 7.89. The predicted octanol–water partition coefficient (Wildman–Crippen LogP) is 3.31. The first kappa shape index (κ1) is 18.3. The highest BCUT2D eigenvalue weighted by Crippen LogP contribution is 2.30. The van der Waals surface area contributed by atoms with E-state index in [1.807, 2.05) is 31.2 Å². The van der Waals surface area contributed by atoms with Crippen molar-refractivity contribution in [2.75, 3.05) is 14.2 Å². The Bertz CT molecular complexity index is 785. The number of hydrogen-bond donors (Lipinski definition) is 1. The second-order valence-corrected chi connectivity index (χ2v) is 7.17. The average Bonchev–Trinajstić information content (AvgIpc) is 2.60. The van der Waals surface area contributed by atoms with Crippen LogP contribution in [0.1, 0.15) is 31.0 Å². The van der Waals surface area contributed by atoms with Crippen LogP contribution in [-0.2, 0) is 16.4 Å². The number of nitrogens with one attached hydrogen (secondary N) is 1. The molecule has 2 rings (SSSR count). The fourth-order valence-corrected chi connectivity index (χ4v) is 3.64. The lowest BCUT2D eigenvalue weighted by atomic mass is 10.1. The Balaban J connectivity index is 2.23.